The predicted molar refractivity (Wildman–Crippen MR) is 189 cm³/mol. The Hall–Kier alpha value is -2.99. The van der Waals surface area contributed by atoms with Gasteiger partial charge in [-0.2, -0.15) is 8.78 Å². The van der Waals surface area contributed by atoms with E-state index in [1.807, 2.05) is 0 Å². The highest BCUT2D eigenvalue weighted by atomic mass is 32.2. The van der Waals surface area contributed by atoms with Crippen molar-refractivity contribution in [3.63, 3.8) is 0 Å². The first kappa shape index (κ1) is 37.9. The molecule has 2 atom stereocenters. The molecule has 7 saturated carbocycles. The van der Waals surface area contributed by atoms with Crippen LogP contribution in [0.5, 0.6) is 5.75 Å². The third kappa shape index (κ3) is 7.00. The number of benzene rings is 2. The van der Waals surface area contributed by atoms with Gasteiger partial charge in [0.25, 0.3) is 0 Å². The minimum absolute atomic E-state index is 0.147. The number of carbonyl (C=O) groups is 2. The summed E-state index contributed by atoms with van der Waals surface area (Å²) >= 11 is 0. The summed E-state index contributed by atoms with van der Waals surface area (Å²) in [6.07, 6.45) is 19.7. The summed E-state index contributed by atoms with van der Waals surface area (Å²) in [5.41, 5.74) is 3.58. The summed E-state index contributed by atoms with van der Waals surface area (Å²) in [6, 6.07) is 4.70. The molecule has 0 aliphatic heterocycles. The lowest BCUT2D eigenvalue weighted by Crippen LogP contribution is -2.58. The maximum absolute atomic E-state index is 14.9. The van der Waals surface area contributed by atoms with Crippen LogP contribution in [0, 0.1) is 46.9 Å². The molecule has 4 bridgehead atoms. The molecule has 7 aliphatic carbocycles. The van der Waals surface area contributed by atoms with Crippen LogP contribution in [0.4, 0.5) is 17.6 Å². The number of carbonyl (C=O) groups excluding carboxylic acids is 2. The quantitative estimate of drug-likeness (QED) is 0.0864. The summed E-state index contributed by atoms with van der Waals surface area (Å²) in [5, 5.41) is 0. The molecule has 9 rings (SSSR count). The minimum Gasteiger partial charge on any atom is -0.744 e. The van der Waals surface area contributed by atoms with E-state index in [4.69, 9.17) is 9.47 Å². The van der Waals surface area contributed by atoms with E-state index in [0.717, 1.165) is 68.1 Å². The van der Waals surface area contributed by atoms with Crippen LogP contribution in [0.15, 0.2) is 17.0 Å². The maximum atomic E-state index is 14.9. The highest BCUT2D eigenvalue weighted by Crippen LogP contribution is 2.60. The molecule has 0 heterocycles. The van der Waals surface area contributed by atoms with E-state index in [9.17, 15) is 40.1 Å². The molecule has 0 spiro atoms. The number of ether oxygens (including phenoxy) is 2. The highest BCUT2D eigenvalue weighted by molar-refractivity contribution is 7.85. The van der Waals surface area contributed by atoms with Crippen molar-refractivity contribution < 1.29 is 49.6 Å². The Labute approximate surface area is 314 Å². The van der Waals surface area contributed by atoms with Gasteiger partial charge in [-0.05, 0) is 123 Å². The molecule has 2 unspecified atom stereocenters. The molecule has 54 heavy (non-hydrogen) atoms. The van der Waals surface area contributed by atoms with E-state index in [1.54, 1.807) is 0 Å². The zero-order valence-corrected chi connectivity index (χ0v) is 31.4. The molecule has 0 N–H and O–H groups in total. The minimum atomic E-state index is -5.91. The zero-order valence-electron chi connectivity index (χ0n) is 30.6. The fourth-order valence-corrected chi connectivity index (χ4v) is 12.5. The average Bonchev–Trinajstić information content (AvgIpc) is 3.15. The molecule has 0 amide bonds. The maximum Gasteiger partial charge on any atom is 0.339 e. The first-order valence-corrected chi connectivity index (χ1v) is 21.7. The molecule has 7 fully saturated rings. The van der Waals surface area contributed by atoms with Crippen LogP contribution in [0.2, 0.25) is 0 Å². The highest BCUT2D eigenvalue weighted by Gasteiger charge is 2.60. The van der Waals surface area contributed by atoms with E-state index >= 15 is 0 Å². The Balaban J connectivity index is 1.09. The SMILES string of the molecule is O=C(OC12CC3CC(C1)C(C(=O)Oc1c(F)c(F)c(S(=O)(=O)[O-])c(F)c1F)C(C3)C2)c1c(C2CCCCC2)cc(C2CCCCC2)cc1C1CCCCC1. The largest absolute Gasteiger partial charge is 0.744 e. The van der Waals surface area contributed by atoms with E-state index in [-0.39, 0.29) is 23.7 Å². The fraction of sp³-hybridized carbons (Fsp3) is 0.667. The third-order valence-electron chi connectivity index (χ3n) is 14.0. The number of hydrogen-bond acceptors (Lipinski definition) is 7. The number of esters is 2. The molecule has 7 aliphatic rings. The van der Waals surface area contributed by atoms with Gasteiger partial charge in [0, 0.05) is 0 Å². The first-order chi connectivity index (χ1) is 25.8. The van der Waals surface area contributed by atoms with Gasteiger partial charge >= 0.3 is 11.9 Å². The van der Waals surface area contributed by atoms with E-state index in [2.05, 4.69) is 12.1 Å². The van der Waals surface area contributed by atoms with Crippen molar-refractivity contribution in [3.05, 3.63) is 57.7 Å². The summed E-state index contributed by atoms with van der Waals surface area (Å²) < 4.78 is 104. The van der Waals surface area contributed by atoms with Crippen LogP contribution in [-0.4, -0.2) is 30.5 Å². The fourth-order valence-electron chi connectivity index (χ4n) is 11.9. The number of halogens is 4. The summed E-state index contributed by atoms with van der Waals surface area (Å²) in [4.78, 5) is 26.2. The van der Waals surface area contributed by atoms with Crippen molar-refractivity contribution in [2.75, 3.05) is 0 Å². The van der Waals surface area contributed by atoms with Gasteiger partial charge in [0.05, 0.1) is 11.5 Å². The Morgan fingerprint density at radius 1 is 0.667 bits per heavy atom. The van der Waals surface area contributed by atoms with Crippen LogP contribution in [0.25, 0.3) is 0 Å². The van der Waals surface area contributed by atoms with Gasteiger partial charge in [-0.15, -0.1) is 0 Å². The Morgan fingerprint density at radius 2 is 1.13 bits per heavy atom. The van der Waals surface area contributed by atoms with Gasteiger partial charge in [-0.3, -0.25) is 4.79 Å². The van der Waals surface area contributed by atoms with Crippen molar-refractivity contribution in [1.82, 2.24) is 0 Å². The standard InChI is InChI=1S/C42H50F4O7S/c43-34-36(45)39(54(49,50)51)37(46)35(44)38(34)52-40(47)32-28-16-23-17-29(32)22-42(20-23,21-28)53-41(48)33-30(25-12-6-2-7-13-25)18-27(24-10-4-1-5-11-24)19-31(33)26-14-8-3-9-15-26/h18-19,23-26,28-29,32H,1-17,20-22H2,(H,49,50,51)/p-1. The third-order valence-corrected chi connectivity index (χ3v) is 14.9. The second-order valence-electron chi connectivity index (χ2n) is 17.4. The van der Waals surface area contributed by atoms with Crippen molar-refractivity contribution in [1.29, 1.82) is 0 Å². The molecule has 294 valence electrons. The van der Waals surface area contributed by atoms with Gasteiger partial charge in [-0.25, -0.2) is 22.0 Å². The molecular formula is C42H49F4O7S-. The van der Waals surface area contributed by atoms with E-state index in [0.29, 0.717) is 49.9 Å². The lowest BCUT2D eigenvalue weighted by Gasteiger charge is -2.58. The van der Waals surface area contributed by atoms with Crippen molar-refractivity contribution in [3.8, 4) is 5.75 Å². The predicted octanol–water partition coefficient (Wildman–Crippen LogP) is 10.2. The lowest BCUT2D eigenvalue weighted by atomic mass is 9.50. The molecule has 0 radical (unpaired) electrons. The van der Waals surface area contributed by atoms with Crippen LogP contribution in [-0.2, 0) is 19.6 Å². The number of hydrogen-bond donors (Lipinski definition) is 0. The van der Waals surface area contributed by atoms with Gasteiger partial charge in [-0.1, -0.05) is 69.9 Å². The molecular weight excluding hydrogens is 725 g/mol. The average molecular weight is 774 g/mol. The smallest absolute Gasteiger partial charge is 0.339 e. The second-order valence-corrected chi connectivity index (χ2v) is 18.8. The Bertz CT molecular complexity index is 1830. The van der Waals surface area contributed by atoms with Gasteiger partial charge < -0.3 is 14.0 Å². The summed E-state index contributed by atoms with van der Waals surface area (Å²) in [6.45, 7) is 0. The summed E-state index contributed by atoms with van der Waals surface area (Å²) in [5.74, 6) is -13.0. The van der Waals surface area contributed by atoms with Gasteiger partial charge in [0.1, 0.15) is 20.6 Å². The van der Waals surface area contributed by atoms with Crippen molar-refractivity contribution >= 4 is 22.1 Å². The second kappa shape index (κ2) is 14.8. The van der Waals surface area contributed by atoms with Gasteiger partial charge in [0.15, 0.2) is 11.6 Å². The van der Waals surface area contributed by atoms with Crippen LogP contribution >= 0.6 is 0 Å². The molecule has 2 aromatic carbocycles. The van der Waals surface area contributed by atoms with Crippen LogP contribution in [0.3, 0.4) is 0 Å². The van der Waals surface area contributed by atoms with Gasteiger partial charge in [0.2, 0.25) is 17.4 Å². The van der Waals surface area contributed by atoms with Crippen molar-refractivity contribution in [2.45, 2.75) is 157 Å². The molecule has 12 heteroatoms. The topological polar surface area (TPSA) is 110 Å². The summed E-state index contributed by atoms with van der Waals surface area (Å²) in [7, 11) is -5.91. The zero-order chi connectivity index (χ0) is 37.9. The molecule has 2 aromatic rings. The van der Waals surface area contributed by atoms with E-state index < -0.39 is 61.5 Å². The molecule has 0 saturated heterocycles. The Morgan fingerprint density at radius 3 is 1.59 bits per heavy atom. The van der Waals surface area contributed by atoms with Crippen LogP contribution in [0.1, 0.15) is 173 Å². The number of rotatable bonds is 8. The van der Waals surface area contributed by atoms with E-state index in [1.165, 1.54) is 50.5 Å². The van der Waals surface area contributed by atoms with Crippen LogP contribution < -0.4 is 4.74 Å². The Kier molecular flexibility index (Phi) is 10.4. The lowest BCUT2D eigenvalue weighted by molar-refractivity contribution is -0.176. The van der Waals surface area contributed by atoms with Crippen molar-refractivity contribution in [2.24, 2.45) is 23.7 Å². The first-order valence-electron chi connectivity index (χ1n) is 20.3. The monoisotopic (exact) mass is 773 g/mol. The molecule has 7 nitrogen and oxygen atoms in total. The molecule has 0 aromatic heterocycles. The normalized spacial score (nSPS) is 29.4.